The molecule has 0 aliphatic carbocycles. The molecule has 7 nitrogen and oxygen atoms in total. The molecule has 0 bridgehead atoms. The van der Waals surface area contributed by atoms with Gasteiger partial charge >= 0.3 is 0 Å². The number of nitrogens with zero attached hydrogens (tertiary/aromatic N) is 3. The van der Waals surface area contributed by atoms with Crippen LogP contribution >= 0.6 is 11.6 Å². The van der Waals surface area contributed by atoms with Gasteiger partial charge in [-0.05, 0) is 30.7 Å². The predicted molar refractivity (Wildman–Crippen MR) is 127 cm³/mol. The van der Waals surface area contributed by atoms with E-state index in [9.17, 15) is 5.26 Å². The van der Waals surface area contributed by atoms with E-state index in [-0.39, 0.29) is 0 Å². The van der Waals surface area contributed by atoms with Gasteiger partial charge < -0.3 is 20.0 Å². The second kappa shape index (κ2) is 14.3. The monoisotopic (exact) mass is 456 g/mol. The zero-order valence-corrected chi connectivity index (χ0v) is 18.9. The summed E-state index contributed by atoms with van der Waals surface area (Å²) in [4.78, 5) is 15.0. The molecule has 2 aromatic carbocycles. The molecule has 3 rings (SSSR count). The summed E-state index contributed by atoms with van der Waals surface area (Å²) in [7, 11) is 0. The normalized spacial score (nSPS) is 14.2. The highest BCUT2D eigenvalue weighted by atomic mass is 35.5. The first-order valence-electron chi connectivity index (χ1n) is 10.5. The summed E-state index contributed by atoms with van der Waals surface area (Å²) in [6.45, 7) is 7.94. The first-order valence-corrected chi connectivity index (χ1v) is 10.9. The molecule has 0 atom stereocenters. The standard InChI is InChI=1S/C23H27ClN4O2.CH2O/c24-21-5-2-1-4-20(21)23(27-9-8-25)18-6-7-22(19(16-18)17-26)30-13-3-10-28-11-14-29-15-12-28;1-2/h1-2,4-7,16H,3,8-15,25H2;1H2. The highest BCUT2D eigenvalue weighted by Crippen LogP contribution is 2.25. The minimum Gasteiger partial charge on any atom is -0.492 e. The lowest BCUT2D eigenvalue weighted by atomic mass is 10.00. The average Bonchev–Trinajstić information content (AvgIpc) is 2.85. The number of hydrogen-bond acceptors (Lipinski definition) is 7. The SMILES string of the molecule is C=O.N#Cc1cc(C(=NCCN)c2ccccc2Cl)ccc1OCCCN1CCOCC1. The Balaban J connectivity index is 0.00000176. The zero-order chi connectivity index (χ0) is 23.2. The number of morpholine rings is 1. The third-order valence-electron chi connectivity index (χ3n) is 4.88. The number of carbonyl (C=O) groups is 1. The maximum absolute atomic E-state index is 9.65. The molecule has 0 amide bonds. The molecule has 0 aromatic heterocycles. The van der Waals surface area contributed by atoms with Crippen molar-refractivity contribution < 1.29 is 14.3 Å². The van der Waals surface area contributed by atoms with E-state index in [1.165, 1.54) is 0 Å². The maximum atomic E-state index is 9.65. The van der Waals surface area contributed by atoms with Crippen molar-refractivity contribution >= 4 is 24.1 Å². The van der Waals surface area contributed by atoms with Crippen LogP contribution in [0.2, 0.25) is 5.02 Å². The van der Waals surface area contributed by atoms with Gasteiger partial charge in [-0.15, -0.1) is 0 Å². The fraction of sp³-hybridized carbons (Fsp3) is 0.375. The first-order chi connectivity index (χ1) is 15.7. The van der Waals surface area contributed by atoms with Crippen LogP contribution in [0.1, 0.15) is 23.1 Å². The van der Waals surface area contributed by atoms with E-state index < -0.39 is 0 Å². The number of aliphatic imine (C=N–C) groups is 1. The molecule has 32 heavy (non-hydrogen) atoms. The Kier molecular flexibility index (Phi) is 11.4. The fourth-order valence-electron chi connectivity index (χ4n) is 3.35. The van der Waals surface area contributed by atoms with Crippen molar-refractivity contribution in [2.45, 2.75) is 6.42 Å². The van der Waals surface area contributed by atoms with Gasteiger partial charge in [0.15, 0.2) is 0 Å². The van der Waals surface area contributed by atoms with Crippen LogP contribution in [0.4, 0.5) is 0 Å². The molecular formula is C24H29ClN4O3. The van der Waals surface area contributed by atoms with Crippen LogP contribution in [0.5, 0.6) is 5.75 Å². The number of nitriles is 1. The molecule has 0 unspecified atom stereocenters. The van der Waals surface area contributed by atoms with Crippen LogP contribution in [0.15, 0.2) is 47.5 Å². The molecule has 1 heterocycles. The number of carbonyl (C=O) groups excluding carboxylic acids is 1. The lowest BCUT2D eigenvalue weighted by Crippen LogP contribution is -2.37. The second-order valence-corrected chi connectivity index (χ2v) is 7.38. The minimum absolute atomic E-state index is 0.434. The van der Waals surface area contributed by atoms with Gasteiger partial charge in [-0.3, -0.25) is 9.89 Å². The molecule has 1 saturated heterocycles. The van der Waals surface area contributed by atoms with Crippen LogP contribution in [-0.4, -0.2) is 69.9 Å². The minimum atomic E-state index is 0.434. The average molecular weight is 457 g/mol. The molecule has 170 valence electrons. The van der Waals surface area contributed by atoms with Crippen molar-refractivity contribution in [2.24, 2.45) is 10.7 Å². The van der Waals surface area contributed by atoms with Gasteiger partial charge in [-0.2, -0.15) is 5.26 Å². The van der Waals surface area contributed by atoms with Gasteiger partial charge in [-0.25, -0.2) is 0 Å². The van der Waals surface area contributed by atoms with Gasteiger partial charge in [0.25, 0.3) is 0 Å². The first kappa shape index (κ1) is 25.5. The topological polar surface area (TPSA) is 101 Å². The molecule has 1 fully saturated rings. The third-order valence-corrected chi connectivity index (χ3v) is 5.21. The molecule has 1 aliphatic rings. The van der Waals surface area contributed by atoms with E-state index in [1.807, 2.05) is 43.2 Å². The van der Waals surface area contributed by atoms with Gasteiger partial charge in [0.1, 0.15) is 18.6 Å². The Bertz CT molecular complexity index is 924. The Morgan fingerprint density at radius 1 is 1.25 bits per heavy atom. The summed E-state index contributed by atoms with van der Waals surface area (Å²) < 4.78 is 11.3. The van der Waals surface area contributed by atoms with Crippen LogP contribution in [0.25, 0.3) is 0 Å². The van der Waals surface area contributed by atoms with Crippen molar-refractivity contribution in [1.82, 2.24) is 4.90 Å². The molecular weight excluding hydrogens is 428 g/mol. The smallest absolute Gasteiger partial charge is 0.137 e. The van der Waals surface area contributed by atoms with Crippen molar-refractivity contribution in [3.8, 4) is 11.8 Å². The lowest BCUT2D eigenvalue weighted by molar-refractivity contribution is -0.0979. The molecule has 0 saturated carbocycles. The van der Waals surface area contributed by atoms with E-state index in [0.717, 1.165) is 56.1 Å². The Hall–Kier alpha value is -2.76. The predicted octanol–water partition coefficient (Wildman–Crippen LogP) is 2.92. The molecule has 0 radical (unpaired) electrons. The van der Waals surface area contributed by atoms with Crippen molar-refractivity contribution in [2.75, 3.05) is 52.5 Å². The summed E-state index contributed by atoms with van der Waals surface area (Å²) in [5.41, 5.74) is 8.48. The number of rotatable bonds is 9. The van der Waals surface area contributed by atoms with Gasteiger partial charge in [0.2, 0.25) is 0 Å². The number of halogens is 1. The van der Waals surface area contributed by atoms with E-state index in [4.69, 9.17) is 31.6 Å². The Morgan fingerprint density at radius 3 is 2.69 bits per heavy atom. The second-order valence-electron chi connectivity index (χ2n) is 6.98. The van der Waals surface area contributed by atoms with E-state index in [1.54, 1.807) is 6.07 Å². The van der Waals surface area contributed by atoms with E-state index in [2.05, 4.69) is 16.0 Å². The van der Waals surface area contributed by atoms with Gasteiger partial charge in [0.05, 0.1) is 37.6 Å². The van der Waals surface area contributed by atoms with Crippen molar-refractivity contribution in [3.63, 3.8) is 0 Å². The van der Waals surface area contributed by atoms with Gasteiger partial charge in [-0.1, -0.05) is 29.8 Å². The largest absolute Gasteiger partial charge is 0.492 e. The van der Waals surface area contributed by atoms with Crippen LogP contribution in [-0.2, 0) is 9.53 Å². The highest BCUT2D eigenvalue weighted by Gasteiger charge is 2.14. The molecule has 2 aromatic rings. The third kappa shape index (κ3) is 7.43. The summed E-state index contributed by atoms with van der Waals surface area (Å²) >= 11 is 6.39. The Labute approximate surface area is 194 Å². The zero-order valence-electron chi connectivity index (χ0n) is 18.1. The summed E-state index contributed by atoms with van der Waals surface area (Å²) in [6, 6.07) is 15.3. The number of nitrogens with two attached hydrogens (primary N) is 1. The molecule has 2 N–H and O–H groups in total. The molecule has 8 heteroatoms. The maximum Gasteiger partial charge on any atom is 0.137 e. The van der Waals surface area contributed by atoms with Crippen LogP contribution < -0.4 is 10.5 Å². The summed E-state index contributed by atoms with van der Waals surface area (Å²) in [5.74, 6) is 0.584. The van der Waals surface area contributed by atoms with Gasteiger partial charge in [0, 0.05) is 42.3 Å². The van der Waals surface area contributed by atoms with E-state index in [0.29, 0.717) is 36.0 Å². The number of hydrogen-bond donors (Lipinski definition) is 1. The van der Waals surface area contributed by atoms with Crippen molar-refractivity contribution in [3.05, 3.63) is 64.2 Å². The molecule has 0 spiro atoms. The van der Waals surface area contributed by atoms with Crippen LogP contribution in [0, 0.1) is 11.3 Å². The molecule has 1 aliphatic heterocycles. The van der Waals surface area contributed by atoms with Crippen LogP contribution in [0.3, 0.4) is 0 Å². The quantitative estimate of drug-likeness (QED) is 0.460. The number of ether oxygens (including phenoxy) is 2. The number of benzene rings is 2. The lowest BCUT2D eigenvalue weighted by Gasteiger charge is -2.26. The van der Waals surface area contributed by atoms with Crippen molar-refractivity contribution in [1.29, 1.82) is 5.26 Å². The fourth-order valence-corrected chi connectivity index (χ4v) is 3.57. The Morgan fingerprint density at radius 2 is 2.00 bits per heavy atom. The summed E-state index contributed by atoms with van der Waals surface area (Å²) in [6.07, 6.45) is 0.898. The van der Waals surface area contributed by atoms with E-state index >= 15 is 0 Å². The summed E-state index contributed by atoms with van der Waals surface area (Å²) in [5, 5.41) is 10.3. The highest BCUT2D eigenvalue weighted by molar-refractivity contribution is 6.35.